The van der Waals surface area contributed by atoms with Crippen molar-refractivity contribution in [2.24, 2.45) is 0 Å². The Morgan fingerprint density at radius 1 is 0.933 bits per heavy atom. The van der Waals surface area contributed by atoms with Gasteiger partial charge in [0.25, 0.3) is 11.8 Å². The predicted octanol–water partition coefficient (Wildman–Crippen LogP) is 3.74. The van der Waals surface area contributed by atoms with Crippen molar-refractivity contribution in [2.75, 3.05) is 18.4 Å². The number of hydrogen-bond acceptors (Lipinski definition) is 3. The zero-order chi connectivity index (χ0) is 21.5. The zero-order valence-corrected chi connectivity index (χ0v) is 17.4. The van der Waals surface area contributed by atoms with Crippen molar-refractivity contribution in [3.8, 4) is 0 Å². The van der Waals surface area contributed by atoms with Gasteiger partial charge in [0.15, 0.2) is 0 Å². The summed E-state index contributed by atoms with van der Waals surface area (Å²) in [5.41, 5.74) is 2.81. The van der Waals surface area contributed by atoms with E-state index in [2.05, 4.69) is 10.6 Å². The molecule has 2 aromatic rings. The van der Waals surface area contributed by atoms with Crippen molar-refractivity contribution in [1.82, 2.24) is 10.2 Å². The SMILES string of the molecule is CC(=O)N/C(=C\c1ccccc1C)C(=O)Nc1ccccc1C(=O)N1CCCCC1. The second-order valence-corrected chi connectivity index (χ2v) is 7.45. The Morgan fingerprint density at radius 2 is 1.60 bits per heavy atom. The van der Waals surface area contributed by atoms with Crippen molar-refractivity contribution in [2.45, 2.75) is 33.1 Å². The number of carbonyl (C=O) groups is 3. The van der Waals surface area contributed by atoms with E-state index >= 15 is 0 Å². The topological polar surface area (TPSA) is 78.5 Å². The van der Waals surface area contributed by atoms with Crippen molar-refractivity contribution >= 4 is 29.5 Å². The average molecular weight is 405 g/mol. The van der Waals surface area contributed by atoms with Crippen LogP contribution in [0.25, 0.3) is 6.08 Å². The van der Waals surface area contributed by atoms with Crippen LogP contribution in [0.5, 0.6) is 0 Å². The average Bonchev–Trinajstić information content (AvgIpc) is 2.75. The number of para-hydroxylation sites is 1. The standard InChI is InChI=1S/C24H27N3O3/c1-17-10-4-5-11-19(17)16-22(25-18(2)28)23(29)26-21-13-7-6-12-20(21)24(30)27-14-8-3-9-15-27/h4-7,10-13,16H,3,8-9,14-15H2,1-2H3,(H,25,28)(H,26,29)/b22-16-. The molecule has 0 radical (unpaired) electrons. The van der Waals surface area contributed by atoms with E-state index in [0.29, 0.717) is 11.3 Å². The lowest BCUT2D eigenvalue weighted by Gasteiger charge is -2.27. The number of rotatable bonds is 5. The molecule has 1 saturated heterocycles. The smallest absolute Gasteiger partial charge is 0.272 e. The Labute approximate surface area is 177 Å². The van der Waals surface area contributed by atoms with Gasteiger partial charge in [0, 0.05) is 20.0 Å². The van der Waals surface area contributed by atoms with Gasteiger partial charge in [-0.25, -0.2) is 0 Å². The fourth-order valence-corrected chi connectivity index (χ4v) is 3.49. The molecule has 0 unspecified atom stereocenters. The minimum absolute atomic E-state index is 0.0884. The number of nitrogens with zero attached hydrogens (tertiary/aromatic N) is 1. The van der Waals surface area contributed by atoms with Crippen LogP contribution in [0, 0.1) is 6.92 Å². The summed E-state index contributed by atoms with van der Waals surface area (Å²) < 4.78 is 0. The maximum absolute atomic E-state index is 13.0. The Bertz CT molecular complexity index is 975. The molecule has 6 heteroatoms. The molecule has 0 atom stereocenters. The van der Waals surface area contributed by atoms with Gasteiger partial charge in [-0.05, 0) is 55.5 Å². The van der Waals surface area contributed by atoms with E-state index < -0.39 is 5.91 Å². The summed E-state index contributed by atoms with van der Waals surface area (Å²) in [7, 11) is 0. The summed E-state index contributed by atoms with van der Waals surface area (Å²) in [4.78, 5) is 39.5. The predicted molar refractivity (Wildman–Crippen MR) is 118 cm³/mol. The van der Waals surface area contributed by atoms with Gasteiger partial charge in [-0.15, -0.1) is 0 Å². The number of hydrogen-bond donors (Lipinski definition) is 2. The van der Waals surface area contributed by atoms with Gasteiger partial charge in [-0.2, -0.15) is 0 Å². The van der Waals surface area contributed by atoms with E-state index in [-0.39, 0.29) is 17.5 Å². The first-order valence-electron chi connectivity index (χ1n) is 10.2. The van der Waals surface area contributed by atoms with Crippen LogP contribution < -0.4 is 10.6 Å². The minimum Gasteiger partial charge on any atom is -0.339 e. The molecule has 156 valence electrons. The summed E-state index contributed by atoms with van der Waals surface area (Å²) >= 11 is 0. The number of nitrogens with one attached hydrogen (secondary N) is 2. The second-order valence-electron chi connectivity index (χ2n) is 7.45. The molecule has 0 bridgehead atoms. The number of likely N-dealkylation sites (tertiary alicyclic amines) is 1. The molecule has 1 heterocycles. The highest BCUT2D eigenvalue weighted by molar-refractivity contribution is 6.11. The molecule has 1 aliphatic rings. The van der Waals surface area contributed by atoms with E-state index in [1.54, 1.807) is 30.3 Å². The number of amides is 3. The van der Waals surface area contributed by atoms with E-state index in [1.165, 1.54) is 6.92 Å². The third-order valence-electron chi connectivity index (χ3n) is 5.09. The van der Waals surface area contributed by atoms with Crippen molar-refractivity contribution in [3.05, 3.63) is 70.9 Å². The van der Waals surface area contributed by atoms with Crippen molar-refractivity contribution < 1.29 is 14.4 Å². The van der Waals surface area contributed by atoms with Crippen molar-refractivity contribution in [1.29, 1.82) is 0 Å². The first-order valence-corrected chi connectivity index (χ1v) is 10.2. The lowest BCUT2D eigenvalue weighted by atomic mass is 10.1. The highest BCUT2D eigenvalue weighted by Gasteiger charge is 2.22. The molecule has 0 aromatic heterocycles. The fraction of sp³-hybridized carbons (Fsp3) is 0.292. The van der Waals surface area contributed by atoms with Gasteiger partial charge in [0.05, 0.1) is 11.3 Å². The van der Waals surface area contributed by atoms with Gasteiger partial charge < -0.3 is 15.5 Å². The summed E-state index contributed by atoms with van der Waals surface area (Å²) in [6.07, 6.45) is 4.76. The highest BCUT2D eigenvalue weighted by atomic mass is 16.2. The van der Waals surface area contributed by atoms with Crippen LogP contribution in [0.3, 0.4) is 0 Å². The number of piperidine rings is 1. The molecule has 1 aliphatic heterocycles. The Balaban J connectivity index is 1.86. The quantitative estimate of drug-likeness (QED) is 0.744. The van der Waals surface area contributed by atoms with Crippen LogP contribution in [0.4, 0.5) is 5.69 Å². The lowest BCUT2D eigenvalue weighted by Crippen LogP contribution is -2.36. The van der Waals surface area contributed by atoms with E-state index in [9.17, 15) is 14.4 Å². The van der Waals surface area contributed by atoms with Gasteiger partial charge in [-0.1, -0.05) is 36.4 Å². The number of benzene rings is 2. The van der Waals surface area contributed by atoms with Gasteiger partial charge >= 0.3 is 0 Å². The first-order chi connectivity index (χ1) is 14.5. The van der Waals surface area contributed by atoms with Gasteiger partial charge in [-0.3, -0.25) is 14.4 Å². The first kappa shape index (κ1) is 21.3. The number of carbonyl (C=O) groups excluding carboxylic acids is 3. The molecule has 0 aliphatic carbocycles. The van der Waals surface area contributed by atoms with Crippen LogP contribution in [0.15, 0.2) is 54.2 Å². The Morgan fingerprint density at radius 3 is 2.30 bits per heavy atom. The largest absolute Gasteiger partial charge is 0.339 e. The molecule has 3 amide bonds. The van der Waals surface area contributed by atoms with Gasteiger partial charge in [0.1, 0.15) is 5.70 Å². The monoisotopic (exact) mass is 405 g/mol. The molecule has 6 nitrogen and oxygen atoms in total. The zero-order valence-electron chi connectivity index (χ0n) is 17.4. The third kappa shape index (κ3) is 5.35. The second kappa shape index (κ2) is 9.87. The molecule has 0 saturated carbocycles. The molecule has 30 heavy (non-hydrogen) atoms. The summed E-state index contributed by atoms with van der Waals surface area (Å²) in [5.74, 6) is -0.912. The molecule has 2 aromatic carbocycles. The summed E-state index contributed by atoms with van der Waals surface area (Å²) in [6.45, 7) is 4.74. The van der Waals surface area contributed by atoms with E-state index in [4.69, 9.17) is 0 Å². The van der Waals surface area contributed by atoms with Crippen LogP contribution >= 0.6 is 0 Å². The minimum atomic E-state index is -0.479. The maximum atomic E-state index is 13.0. The van der Waals surface area contributed by atoms with E-state index in [0.717, 1.165) is 43.5 Å². The van der Waals surface area contributed by atoms with Crippen LogP contribution in [0.1, 0.15) is 47.7 Å². The Kier molecular flexibility index (Phi) is 7.01. The summed E-state index contributed by atoms with van der Waals surface area (Å²) in [5, 5.41) is 5.41. The van der Waals surface area contributed by atoms with Crippen molar-refractivity contribution in [3.63, 3.8) is 0 Å². The van der Waals surface area contributed by atoms with Crippen LogP contribution in [-0.4, -0.2) is 35.7 Å². The molecule has 0 spiro atoms. The van der Waals surface area contributed by atoms with Crippen LogP contribution in [0.2, 0.25) is 0 Å². The normalized spacial score (nSPS) is 14.2. The van der Waals surface area contributed by atoms with E-state index in [1.807, 2.05) is 36.1 Å². The Hall–Kier alpha value is -3.41. The molecule has 1 fully saturated rings. The maximum Gasteiger partial charge on any atom is 0.272 e. The molecular weight excluding hydrogens is 378 g/mol. The van der Waals surface area contributed by atoms with Crippen LogP contribution in [-0.2, 0) is 9.59 Å². The molecule has 2 N–H and O–H groups in total. The molecular formula is C24H27N3O3. The highest BCUT2D eigenvalue weighted by Crippen LogP contribution is 2.21. The summed E-state index contributed by atoms with van der Waals surface area (Å²) in [6, 6.07) is 14.6. The van der Waals surface area contributed by atoms with Gasteiger partial charge in [0.2, 0.25) is 5.91 Å². The molecule has 3 rings (SSSR count). The lowest BCUT2D eigenvalue weighted by molar-refractivity contribution is -0.120. The fourth-order valence-electron chi connectivity index (χ4n) is 3.49. The number of anilines is 1. The third-order valence-corrected chi connectivity index (χ3v) is 5.09. The number of aryl methyl sites for hydroxylation is 1.